The second-order valence-electron chi connectivity index (χ2n) is 3.86. The SMILES string of the molecule is COc1cc(N)cc(CSc2ccc(F)cc2)c1. The van der Waals surface area contributed by atoms with Gasteiger partial charge in [-0.15, -0.1) is 11.8 Å². The summed E-state index contributed by atoms with van der Waals surface area (Å²) in [6, 6.07) is 12.1. The van der Waals surface area contributed by atoms with Crippen molar-refractivity contribution in [3.8, 4) is 5.75 Å². The van der Waals surface area contributed by atoms with E-state index in [0.717, 1.165) is 22.0 Å². The maximum Gasteiger partial charge on any atom is 0.123 e. The van der Waals surface area contributed by atoms with Crippen LogP contribution in [0.1, 0.15) is 5.56 Å². The van der Waals surface area contributed by atoms with Gasteiger partial charge in [-0.3, -0.25) is 0 Å². The average molecular weight is 263 g/mol. The van der Waals surface area contributed by atoms with Crippen LogP contribution in [0.3, 0.4) is 0 Å². The molecule has 2 aromatic rings. The van der Waals surface area contributed by atoms with Gasteiger partial charge in [0.15, 0.2) is 0 Å². The lowest BCUT2D eigenvalue weighted by Gasteiger charge is -2.06. The minimum absolute atomic E-state index is 0.218. The van der Waals surface area contributed by atoms with E-state index in [2.05, 4.69) is 0 Å². The predicted octanol–water partition coefficient (Wildman–Crippen LogP) is 3.71. The fraction of sp³-hybridized carbons (Fsp3) is 0.143. The summed E-state index contributed by atoms with van der Waals surface area (Å²) in [5, 5.41) is 0. The van der Waals surface area contributed by atoms with Crippen LogP contribution in [0.15, 0.2) is 47.4 Å². The number of methoxy groups -OCH3 is 1. The summed E-state index contributed by atoms with van der Waals surface area (Å²) in [7, 11) is 1.62. The Balaban J connectivity index is 2.05. The Labute approximate surface area is 110 Å². The van der Waals surface area contributed by atoms with Crippen molar-refractivity contribution in [2.45, 2.75) is 10.6 Å². The minimum Gasteiger partial charge on any atom is -0.497 e. The highest BCUT2D eigenvalue weighted by atomic mass is 32.2. The molecule has 94 valence electrons. The predicted molar refractivity (Wildman–Crippen MR) is 73.4 cm³/mol. The molecule has 2 aromatic carbocycles. The largest absolute Gasteiger partial charge is 0.497 e. The molecule has 4 heteroatoms. The molecule has 2 N–H and O–H groups in total. The van der Waals surface area contributed by atoms with Crippen LogP contribution < -0.4 is 10.5 Å². The summed E-state index contributed by atoms with van der Waals surface area (Å²) in [5.74, 6) is 1.31. The molecule has 0 spiro atoms. The third kappa shape index (κ3) is 3.40. The van der Waals surface area contributed by atoms with Crippen LogP contribution in [0.25, 0.3) is 0 Å². The van der Waals surface area contributed by atoms with E-state index in [1.807, 2.05) is 12.1 Å². The van der Waals surface area contributed by atoms with Crippen LogP contribution in [0.2, 0.25) is 0 Å². The van der Waals surface area contributed by atoms with E-state index < -0.39 is 0 Å². The molecule has 18 heavy (non-hydrogen) atoms. The molecule has 0 heterocycles. The Bertz CT molecular complexity index is 528. The highest BCUT2D eigenvalue weighted by Gasteiger charge is 2.01. The van der Waals surface area contributed by atoms with Crippen molar-refractivity contribution >= 4 is 17.4 Å². The van der Waals surface area contributed by atoms with Gasteiger partial charge in [0.1, 0.15) is 11.6 Å². The third-order valence-corrected chi connectivity index (χ3v) is 3.53. The number of thioether (sulfide) groups is 1. The van der Waals surface area contributed by atoms with Crippen LogP contribution in [0.4, 0.5) is 10.1 Å². The van der Waals surface area contributed by atoms with Crippen molar-refractivity contribution in [1.82, 2.24) is 0 Å². The minimum atomic E-state index is -0.218. The highest BCUT2D eigenvalue weighted by molar-refractivity contribution is 7.98. The number of hydrogen-bond acceptors (Lipinski definition) is 3. The van der Waals surface area contributed by atoms with Gasteiger partial charge < -0.3 is 10.5 Å². The fourth-order valence-corrected chi connectivity index (χ4v) is 2.41. The summed E-state index contributed by atoms with van der Waals surface area (Å²) >= 11 is 1.63. The Kier molecular flexibility index (Phi) is 4.10. The first kappa shape index (κ1) is 12.8. The topological polar surface area (TPSA) is 35.2 Å². The van der Waals surface area contributed by atoms with Crippen LogP contribution in [0.5, 0.6) is 5.75 Å². The molecule has 0 radical (unpaired) electrons. The van der Waals surface area contributed by atoms with Gasteiger partial charge >= 0.3 is 0 Å². The molecule has 0 aliphatic carbocycles. The number of anilines is 1. The third-order valence-electron chi connectivity index (χ3n) is 2.44. The van der Waals surface area contributed by atoms with Crippen LogP contribution in [-0.4, -0.2) is 7.11 Å². The molecular weight excluding hydrogens is 249 g/mol. The average Bonchev–Trinajstić information content (AvgIpc) is 2.37. The van der Waals surface area contributed by atoms with Crippen molar-refractivity contribution in [3.63, 3.8) is 0 Å². The molecule has 0 saturated carbocycles. The maximum atomic E-state index is 12.8. The second kappa shape index (κ2) is 5.78. The van der Waals surface area contributed by atoms with Crippen molar-refractivity contribution in [3.05, 3.63) is 53.8 Å². The van der Waals surface area contributed by atoms with Crippen molar-refractivity contribution in [2.24, 2.45) is 0 Å². The van der Waals surface area contributed by atoms with Crippen LogP contribution >= 0.6 is 11.8 Å². The second-order valence-corrected chi connectivity index (χ2v) is 4.91. The number of rotatable bonds is 4. The van der Waals surface area contributed by atoms with Gasteiger partial charge in [-0.05, 0) is 42.0 Å². The number of nitrogens with two attached hydrogens (primary N) is 1. The first-order chi connectivity index (χ1) is 8.67. The molecule has 0 amide bonds. The van der Waals surface area contributed by atoms with Crippen LogP contribution in [-0.2, 0) is 5.75 Å². The zero-order valence-corrected chi connectivity index (χ0v) is 10.8. The lowest BCUT2D eigenvalue weighted by Crippen LogP contribution is -1.91. The summed E-state index contributed by atoms with van der Waals surface area (Å²) < 4.78 is 17.9. The van der Waals surface area contributed by atoms with E-state index in [1.54, 1.807) is 37.1 Å². The molecule has 0 aliphatic heterocycles. The Morgan fingerprint density at radius 2 is 1.89 bits per heavy atom. The molecule has 0 aliphatic rings. The Hall–Kier alpha value is -1.68. The summed E-state index contributed by atoms with van der Waals surface area (Å²) in [4.78, 5) is 1.03. The van der Waals surface area contributed by atoms with Gasteiger partial charge in [0.2, 0.25) is 0 Å². The zero-order chi connectivity index (χ0) is 13.0. The number of hydrogen-bond donors (Lipinski definition) is 1. The molecule has 2 nitrogen and oxygen atoms in total. The van der Waals surface area contributed by atoms with E-state index in [4.69, 9.17) is 10.5 Å². The molecule has 0 bridgehead atoms. The quantitative estimate of drug-likeness (QED) is 0.674. The lowest BCUT2D eigenvalue weighted by molar-refractivity contribution is 0.414. The lowest BCUT2D eigenvalue weighted by atomic mass is 10.2. The van der Waals surface area contributed by atoms with Gasteiger partial charge in [-0.2, -0.15) is 0 Å². The zero-order valence-electron chi connectivity index (χ0n) is 10.0. The van der Waals surface area contributed by atoms with E-state index in [9.17, 15) is 4.39 Å². The first-order valence-electron chi connectivity index (χ1n) is 5.49. The summed E-state index contributed by atoms with van der Waals surface area (Å²) in [5.41, 5.74) is 7.55. The standard InChI is InChI=1S/C14H14FNOS/c1-17-13-7-10(6-12(16)8-13)9-18-14-4-2-11(15)3-5-14/h2-8H,9,16H2,1H3. The Morgan fingerprint density at radius 3 is 2.56 bits per heavy atom. The van der Waals surface area contributed by atoms with Gasteiger partial charge in [-0.25, -0.2) is 4.39 Å². The van der Waals surface area contributed by atoms with Crippen molar-refractivity contribution in [2.75, 3.05) is 12.8 Å². The highest BCUT2D eigenvalue weighted by Crippen LogP contribution is 2.26. The van der Waals surface area contributed by atoms with Crippen LogP contribution in [0, 0.1) is 5.82 Å². The molecule has 2 rings (SSSR count). The Morgan fingerprint density at radius 1 is 1.17 bits per heavy atom. The molecular formula is C14H14FNOS. The van der Waals surface area contributed by atoms with Crippen molar-refractivity contribution < 1.29 is 9.13 Å². The number of ether oxygens (including phenoxy) is 1. The van der Waals surface area contributed by atoms with Gasteiger partial charge in [0.05, 0.1) is 7.11 Å². The molecule has 0 atom stereocenters. The van der Waals surface area contributed by atoms with E-state index in [1.165, 1.54) is 12.1 Å². The van der Waals surface area contributed by atoms with E-state index in [0.29, 0.717) is 5.69 Å². The fourth-order valence-electron chi connectivity index (χ4n) is 1.58. The van der Waals surface area contributed by atoms with Gasteiger partial charge in [0.25, 0.3) is 0 Å². The molecule has 0 aromatic heterocycles. The normalized spacial score (nSPS) is 10.3. The van der Waals surface area contributed by atoms with Gasteiger partial charge in [-0.1, -0.05) is 0 Å². The van der Waals surface area contributed by atoms with Crippen molar-refractivity contribution in [1.29, 1.82) is 0 Å². The van der Waals surface area contributed by atoms with Gasteiger partial charge in [0, 0.05) is 22.4 Å². The summed E-state index contributed by atoms with van der Waals surface area (Å²) in [6.07, 6.45) is 0. The van der Waals surface area contributed by atoms with E-state index >= 15 is 0 Å². The maximum absolute atomic E-state index is 12.8. The molecule has 0 unspecified atom stereocenters. The monoisotopic (exact) mass is 263 g/mol. The number of benzene rings is 2. The molecule has 0 fully saturated rings. The summed E-state index contributed by atoms with van der Waals surface area (Å²) in [6.45, 7) is 0. The smallest absolute Gasteiger partial charge is 0.123 e. The van der Waals surface area contributed by atoms with E-state index in [-0.39, 0.29) is 5.82 Å². The first-order valence-corrected chi connectivity index (χ1v) is 6.48. The number of nitrogen functional groups attached to an aromatic ring is 1. The molecule has 0 saturated heterocycles. The number of halogens is 1.